The van der Waals surface area contributed by atoms with Crippen LogP contribution in [-0.4, -0.2) is 49.8 Å². The van der Waals surface area contributed by atoms with Crippen molar-refractivity contribution in [2.45, 2.75) is 51.4 Å². The fourth-order valence-corrected chi connectivity index (χ4v) is 5.38. The number of aryl methyl sites for hydroxylation is 1. The van der Waals surface area contributed by atoms with E-state index in [9.17, 15) is 4.79 Å². The molecule has 2 aromatic carbocycles. The fourth-order valence-electron chi connectivity index (χ4n) is 5.38. The Bertz CT molecular complexity index is 1040. The third-order valence-corrected chi connectivity index (χ3v) is 7.20. The number of nitrogens with one attached hydrogen (secondary N) is 1. The van der Waals surface area contributed by atoms with Crippen molar-refractivity contribution in [3.63, 3.8) is 0 Å². The molecule has 5 rings (SSSR count). The van der Waals surface area contributed by atoms with Crippen molar-refractivity contribution in [3.05, 3.63) is 52.6 Å². The molecular weight excluding hydrogens is 420 g/mol. The second-order valence-electron chi connectivity index (χ2n) is 9.32. The molecule has 0 saturated carbocycles. The Morgan fingerprint density at radius 3 is 2.64 bits per heavy atom. The Morgan fingerprint density at radius 2 is 1.91 bits per heavy atom. The zero-order valence-electron chi connectivity index (χ0n) is 19.4. The smallest absolute Gasteiger partial charge is 0.304 e. The van der Waals surface area contributed by atoms with Gasteiger partial charge in [-0.05, 0) is 36.6 Å². The van der Waals surface area contributed by atoms with Gasteiger partial charge < -0.3 is 29.5 Å². The molecule has 0 aromatic heterocycles. The van der Waals surface area contributed by atoms with Crippen LogP contribution in [0.15, 0.2) is 30.3 Å². The second-order valence-corrected chi connectivity index (χ2v) is 9.32. The molecule has 7 nitrogen and oxygen atoms in total. The normalized spacial score (nSPS) is 21.2. The van der Waals surface area contributed by atoms with Gasteiger partial charge in [0.15, 0.2) is 5.79 Å². The lowest BCUT2D eigenvalue weighted by Crippen LogP contribution is -2.45. The van der Waals surface area contributed by atoms with E-state index in [1.807, 2.05) is 18.2 Å². The number of benzene rings is 2. The van der Waals surface area contributed by atoms with Crippen molar-refractivity contribution < 1.29 is 24.1 Å². The van der Waals surface area contributed by atoms with E-state index in [0.717, 1.165) is 42.9 Å². The molecule has 2 N–H and O–H groups in total. The van der Waals surface area contributed by atoms with Crippen molar-refractivity contribution in [3.8, 4) is 5.75 Å². The first kappa shape index (κ1) is 22.0. The number of aliphatic carboxylic acids is 1. The van der Waals surface area contributed by atoms with Crippen LogP contribution < -0.4 is 15.0 Å². The van der Waals surface area contributed by atoms with Crippen LogP contribution in [0.25, 0.3) is 0 Å². The first-order valence-corrected chi connectivity index (χ1v) is 11.8. The molecule has 1 unspecified atom stereocenters. The van der Waals surface area contributed by atoms with E-state index >= 15 is 0 Å². The monoisotopic (exact) mass is 452 g/mol. The summed E-state index contributed by atoms with van der Waals surface area (Å²) >= 11 is 0. The van der Waals surface area contributed by atoms with E-state index in [2.05, 4.69) is 36.2 Å². The average molecular weight is 453 g/mol. The van der Waals surface area contributed by atoms with Gasteiger partial charge in [0.2, 0.25) is 0 Å². The van der Waals surface area contributed by atoms with Crippen LogP contribution in [0.2, 0.25) is 0 Å². The third-order valence-electron chi connectivity index (χ3n) is 7.20. The minimum Gasteiger partial charge on any atom is -0.493 e. The molecule has 2 aromatic rings. The molecule has 176 valence electrons. The van der Waals surface area contributed by atoms with Gasteiger partial charge in [0.1, 0.15) is 5.75 Å². The summed E-state index contributed by atoms with van der Waals surface area (Å²) in [6.07, 6.45) is 1.89. The summed E-state index contributed by atoms with van der Waals surface area (Å²) in [4.78, 5) is 13.5. The largest absolute Gasteiger partial charge is 0.493 e. The zero-order valence-corrected chi connectivity index (χ0v) is 19.4. The molecule has 0 amide bonds. The Labute approximate surface area is 194 Å². The number of fused-ring (bicyclic) bond motifs is 1. The maximum absolute atomic E-state index is 11.1. The van der Waals surface area contributed by atoms with Gasteiger partial charge in [-0.15, -0.1) is 0 Å². The summed E-state index contributed by atoms with van der Waals surface area (Å²) in [7, 11) is 0. The molecule has 3 aliphatic heterocycles. The lowest BCUT2D eigenvalue weighted by Gasteiger charge is -2.40. The Hall–Kier alpha value is -2.77. The number of hydrogen-bond acceptors (Lipinski definition) is 6. The van der Waals surface area contributed by atoms with E-state index in [1.165, 1.54) is 22.4 Å². The summed E-state index contributed by atoms with van der Waals surface area (Å²) in [6.45, 7) is 8.78. The molecule has 0 bridgehead atoms. The van der Waals surface area contributed by atoms with E-state index in [1.54, 1.807) is 0 Å². The number of piperidine rings is 1. The Kier molecular flexibility index (Phi) is 5.93. The molecule has 1 spiro atoms. The highest BCUT2D eigenvalue weighted by atomic mass is 16.7. The lowest BCUT2D eigenvalue weighted by molar-refractivity contribution is -0.169. The predicted molar refractivity (Wildman–Crippen MR) is 126 cm³/mol. The maximum atomic E-state index is 11.1. The van der Waals surface area contributed by atoms with Gasteiger partial charge in [-0.3, -0.25) is 4.79 Å². The van der Waals surface area contributed by atoms with Crippen LogP contribution in [0, 0.1) is 13.8 Å². The van der Waals surface area contributed by atoms with Gasteiger partial charge in [-0.25, -0.2) is 0 Å². The number of carboxylic acid groups (broad SMARTS) is 1. The predicted octanol–water partition coefficient (Wildman–Crippen LogP) is 4.21. The van der Waals surface area contributed by atoms with Crippen molar-refractivity contribution in [1.82, 2.24) is 0 Å². The number of nitrogens with zero attached hydrogens (tertiary/aromatic N) is 1. The van der Waals surface area contributed by atoms with Gasteiger partial charge >= 0.3 is 5.97 Å². The third kappa shape index (κ3) is 4.39. The summed E-state index contributed by atoms with van der Waals surface area (Å²) in [6, 6.07) is 10.4. The number of hydrogen-bond donors (Lipinski definition) is 2. The van der Waals surface area contributed by atoms with Gasteiger partial charge in [0.25, 0.3) is 0 Å². The fraction of sp³-hybridized carbons (Fsp3) is 0.500. The molecule has 2 saturated heterocycles. The SMILES string of the molecule is Cc1ccc(CNc2ccc3c(c2)OCC3CC(=O)O)c(C)c1N1CCC2(CC1)OCCO2. The van der Waals surface area contributed by atoms with Gasteiger partial charge in [0, 0.05) is 61.4 Å². The first-order valence-electron chi connectivity index (χ1n) is 11.8. The van der Waals surface area contributed by atoms with Crippen molar-refractivity contribution in [2.75, 3.05) is 43.1 Å². The number of rotatable bonds is 6. The van der Waals surface area contributed by atoms with E-state index in [0.29, 0.717) is 26.4 Å². The maximum Gasteiger partial charge on any atom is 0.304 e. The number of anilines is 2. The second kappa shape index (κ2) is 8.88. The van der Waals surface area contributed by atoms with E-state index in [4.69, 9.17) is 19.3 Å². The molecule has 0 radical (unpaired) electrons. The number of ether oxygens (including phenoxy) is 3. The van der Waals surface area contributed by atoms with Crippen molar-refractivity contribution >= 4 is 17.3 Å². The topological polar surface area (TPSA) is 80.3 Å². The molecular formula is C26H32N2O5. The Balaban J connectivity index is 1.27. The molecule has 33 heavy (non-hydrogen) atoms. The average Bonchev–Trinajstić information content (AvgIpc) is 3.41. The highest BCUT2D eigenvalue weighted by Gasteiger charge is 2.40. The quantitative estimate of drug-likeness (QED) is 0.680. The number of carboxylic acids is 1. The molecule has 0 aliphatic carbocycles. The number of carbonyl (C=O) groups is 1. The lowest BCUT2D eigenvalue weighted by atomic mass is 9.97. The highest BCUT2D eigenvalue weighted by Crippen LogP contribution is 2.39. The van der Waals surface area contributed by atoms with Crippen LogP contribution in [-0.2, 0) is 20.8 Å². The molecule has 3 heterocycles. The Morgan fingerprint density at radius 1 is 1.15 bits per heavy atom. The van der Waals surface area contributed by atoms with Crippen LogP contribution >= 0.6 is 0 Å². The van der Waals surface area contributed by atoms with E-state index < -0.39 is 5.97 Å². The van der Waals surface area contributed by atoms with Crippen molar-refractivity contribution in [2.24, 2.45) is 0 Å². The summed E-state index contributed by atoms with van der Waals surface area (Å²) in [5, 5.41) is 12.6. The van der Waals surface area contributed by atoms with Gasteiger partial charge in [-0.2, -0.15) is 0 Å². The molecule has 2 fully saturated rings. The first-order chi connectivity index (χ1) is 15.9. The van der Waals surface area contributed by atoms with Crippen molar-refractivity contribution in [1.29, 1.82) is 0 Å². The van der Waals surface area contributed by atoms with Crippen LogP contribution in [0.5, 0.6) is 5.75 Å². The highest BCUT2D eigenvalue weighted by molar-refractivity contribution is 5.69. The van der Waals surface area contributed by atoms with Crippen LogP contribution in [0.3, 0.4) is 0 Å². The van der Waals surface area contributed by atoms with E-state index in [-0.39, 0.29) is 18.1 Å². The van der Waals surface area contributed by atoms with Gasteiger partial charge in [-0.1, -0.05) is 18.2 Å². The standard InChI is InChI=1S/C26H32N2O5/c1-17-3-4-19(18(2)25(17)28-9-7-26(8-10-28)32-11-12-33-26)15-27-21-5-6-22-20(13-24(29)30)16-31-23(22)14-21/h3-6,14,20,27H,7-13,15-16H2,1-2H3,(H,29,30). The minimum atomic E-state index is -0.795. The summed E-state index contributed by atoms with van der Waals surface area (Å²) < 4.78 is 17.5. The molecule has 3 aliphatic rings. The molecule has 7 heteroatoms. The zero-order chi connectivity index (χ0) is 23.0. The minimum absolute atomic E-state index is 0.0721. The summed E-state index contributed by atoms with van der Waals surface area (Å²) in [5.41, 5.74) is 7.11. The van der Waals surface area contributed by atoms with Crippen LogP contribution in [0.1, 0.15) is 47.4 Å². The molecule has 1 atom stereocenters. The van der Waals surface area contributed by atoms with Crippen LogP contribution in [0.4, 0.5) is 11.4 Å². The summed E-state index contributed by atoms with van der Waals surface area (Å²) in [5.74, 6) is -0.448. The van der Waals surface area contributed by atoms with Gasteiger partial charge in [0.05, 0.1) is 26.2 Å².